The number of nitrogens with one attached hydrogen (secondary N) is 1. The van der Waals surface area contributed by atoms with E-state index in [0.29, 0.717) is 5.95 Å². The average molecular weight is 330 g/mol. The summed E-state index contributed by atoms with van der Waals surface area (Å²) in [5.41, 5.74) is 6.03. The normalized spacial score (nSPS) is 13.4. The molecule has 1 aliphatic rings. The summed E-state index contributed by atoms with van der Waals surface area (Å²) in [4.78, 5) is 11.6. The van der Waals surface area contributed by atoms with Crippen molar-refractivity contribution in [2.45, 2.75) is 26.8 Å². The van der Waals surface area contributed by atoms with Crippen LogP contribution in [0.4, 0.5) is 17.5 Å². The van der Waals surface area contributed by atoms with E-state index in [1.54, 1.807) is 0 Å². The van der Waals surface area contributed by atoms with Gasteiger partial charge in [-0.15, -0.1) is 0 Å². The molecule has 1 aromatic heterocycles. The highest BCUT2D eigenvalue weighted by atomic mass is 15.2. The van der Waals surface area contributed by atoms with Gasteiger partial charge in [-0.1, -0.05) is 36.4 Å². The summed E-state index contributed by atoms with van der Waals surface area (Å²) in [6.07, 6.45) is 1.06. The molecule has 0 spiro atoms. The zero-order valence-corrected chi connectivity index (χ0v) is 14.7. The molecule has 1 N–H and O–H groups in total. The molecule has 0 atom stereocenters. The monoisotopic (exact) mass is 330 g/mol. The molecular formula is C21H22N4. The number of fused-ring (bicyclic) bond motifs is 1. The largest absolute Gasteiger partial charge is 0.352 e. The predicted molar refractivity (Wildman–Crippen MR) is 102 cm³/mol. The summed E-state index contributed by atoms with van der Waals surface area (Å²) in [7, 11) is 0. The zero-order valence-electron chi connectivity index (χ0n) is 14.7. The number of rotatable bonds is 3. The maximum Gasteiger partial charge on any atom is 0.229 e. The topological polar surface area (TPSA) is 41.1 Å². The van der Waals surface area contributed by atoms with Crippen LogP contribution in [0.1, 0.15) is 22.4 Å². The Morgan fingerprint density at radius 1 is 0.920 bits per heavy atom. The number of aromatic nitrogens is 2. The fraction of sp³-hybridized carbons (Fsp3) is 0.238. The van der Waals surface area contributed by atoms with Crippen LogP contribution in [0.15, 0.2) is 54.6 Å². The first-order valence-electron chi connectivity index (χ1n) is 8.68. The SMILES string of the molecule is Cc1cccc(Nc2nc(C)cc(N3CCc4ccccc4C3)n2)c1. The van der Waals surface area contributed by atoms with Crippen LogP contribution in [0.3, 0.4) is 0 Å². The number of nitrogens with zero attached hydrogens (tertiary/aromatic N) is 3. The number of hydrogen-bond donors (Lipinski definition) is 1. The maximum atomic E-state index is 4.76. The second kappa shape index (κ2) is 6.55. The summed E-state index contributed by atoms with van der Waals surface area (Å²) in [6, 6.07) is 19.0. The van der Waals surface area contributed by atoms with E-state index in [1.165, 1.54) is 16.7 Å². The highest BCUT2D eigenvalue weighted by Crippen LogP contribution is 2.25. The molecule has 0 bridgehead atoms. The molecule has 0 amide bonds. The van der Waals surface area contributed by atoms with Crippen LogP contribution in [0.5, 0.6) is 0 Å². The van der Waals surface area contributed by atoms with Crippen LogP contribution >= 0.6 is 0 Å². The minimum absolute atomic E-state index is 0.652. The van der Waals surface area contributed by atoms with Crippen molar-refractivity contribution in [2.24, 2.45) is 0 Å². The Balaban J connectivity index is 1.60. The minimum Gasteiger partial charge on any atom is -0.352 e. The lowest BCUT2D eigenvalue weighted by molar-refractivity contribution is 0.719. The van der Waals surface area contributed by atoms with Gasteiger partial charge < -0.3 is 10.2 Å². The molecule has 4 nitrogen and oxygen atoms in total. The van der Waals surface area contributed by atoms with Gasteiger partial charge in [-0.05, 0) is 49.1 Å². The third kappa shape index (κ3) is 3.48. The second-order valence-corrected chi connectivity index (χ2v) is 6.63. The van der Waals surface area contributed by atoms with Crippen LogP contribution in [0, 0.1) is 13.8 Å². The molecule has 4 heteroatoms. The number of benzene rings is 2. The zero-order chi connectivity index (χ0) is 17.2. The molecule has 4 rings (SSSR count). The quantitative estimate of drug-likeness (QED) is 0.773. The fourth-order valence-corrected chi connectivity index (χ4v) is 3.31. The Hall–Kier alpha value is -2.88. The van der Waals surface area contributed by atoms with Crippen LogP contribution in [-0.2, 0) is 13.0 Å². The summed E-state index contributed by atoms with van der Waals surface area (Å²) >= 11 is 0. The smallest absolute Gasteiger partial charge is 0.229 e. The van der Waals surface area contributed by atoms with E-state index >= 15 is 0 Å². The second-order valence-electron chi connectivity index (χ2n) is 6.63. The Morgan fingerprint density at radius 2 is 1.76 bits per heavy atom. The van der Waals surface area contributed by atoms with Gasteiger partial charge in [0.2, 0.25) is 5.95 Å². The lowest BCUT2D eigenvalue weighted by Crippen LogP contribution is -2.31. The number of anilines is 3. The van der Waals surface area contributed by atoms with Crippen LogP contribution in [0.2, 0.25) is 0 Å². The van der Waals surface area contributed by atoms with E-state index in [9.17, 15) is 0 Å². The molecule has 3 aromatic rings. The lowest BCUT2D eigenvalue weighted by atomic mass is 10.00. The van der Waals surface area contributed by atoms with Crippen molar-refractivity contribution < 1.29 is 0 Å². The number of hydrogen-bond acceptors (Lipinski definition) is 4. The van der Waals surface area contributed by atoms with Gasteiger partial charge in [0.15, 0.2) is 0 Å². The van der Waals surface area contributed by atoms with Crippen molar-refractivity contribution in [1.82, 2.24) is 9.97 Å². The molecule has 0 unspecified atom stereocenters. The minimum atomic E-state index is 0.652. The molecule has 1 aliphatic heterocycles. The lowest BCUT2D eigenvalue weighted by Gasteiger charge is -2.30. The Labute approximate surface area is 148 Å². The molecule has 2 aromatic carbocycles. The molecule has 0 radical (unpaired) electrons. The highest BCUT2D eigenvalue weighted by Gasteiger charge is 2.18. The number of aryl methyl sites for hydroxylation is 2. The standard InChI is InChI=1S/C21H22N4/c1-15-6-5-9-19(12-15)23-21-22-16(2)13-20(24-21)25-11-10-17-7-3-4-8-18(17)14-25/h3-9,12-13H,10-11,14H2,1-2H3,(H,22,23,24). The first kappa shape index (κ1) is 15.6. The first-order valence-corrected chi connectivity index (χ1v) is 8.68. The summed E-state index contributed by atoms with van der Waals surface area (Å²) < 4.78 is 0. The maximum absolute atomic E-state index is 4.76. The predicted octanol–water partition coefficient (Wildman–Crippen LogP) is 4.40. The van der Waals surface area contributed by atoms with Gasteiger partial charge in [0.05, 0.1) is 0 Å². The Bertz CT molecular complexity index is 904. The van der Waals surface area contributed by atoms with Gasteiger partial charge in [0.25, 0.3) is 0 Å². The van der Waals surface area contributed by atoms with Crippen molar-refractivity contribution in [2.75, 3.05) is 16.8 Å². The van der Waals surface area contributed by atoms with Crippen molar-refractivity contribution in [3.05, 3.63) is 77.0 Å². The first-order chi connectivity index (χ1) is 12.2. The molecule has 2 heterocycles. The van der Waals surface area contributed by atoms with Gasteiger partial charge in [0.1, 0.15) is 5.82 Å². The highest BCUT2D eigenvalue weighted by molar-refractivity contribution is 5.57. The van der Waals surface area contributed by atoms with Gasteiger partial charge >= 0.3 is 0 Å². The molecule has 0 aliphatic carbocycles. The van der Waals surface area contributed by atoms with E-state index in [4.69, 9.17) is 4.98 Å². The summed E-state index contributed by atoms with van der Waals surface area (Å²) in [5.74, 6) is 1.64. The van der Waals surface area contributed by atoms with E-state index in [-0.39, 0.29) is 0 Å². The molecule has 25 heavy (non-hydrogen) atoms. The van der Waals surface area contributed by atoms with Gasteiger partial charge in [-0.25, -0.2) is 4.98 Å². The van der Waals surface area contributed by atoms with Crippen LogP contribution in [-0.4, -0.2) is 16.5 Å². The van der Waals surface area contributed by atoms with Crippen molar-refractivity contribution in [3.63, 3.8) is 0 Å². The van der Waals surface area contributed by atoms with Gasteiger partial charge in [0, 0.05) is 30.5 Å². The van der Waals surface area contributed by atoms with Gasteiger partial charge in [-0.3, -0.25) is 0 Å². The molecule has 126 valence electrons. The summed E-state index contributed by atoms with van der Waals surface area (Å²) in [5, 5.41) is 3.34. The van der Waals surface area contributed by atoms with Crippen molar-refractivity contribution in [1.29, 1.82) is 0 Å². The molecule has 0 saturated heterocycles. The molecular weight excluding hydrogens is 308 g/mol. The van der Waals surface area contributed by atoms with E-state index < -0.39 is 0 Å². The average Bonchev–Trinajstić information content (AvgIpc) is 2.61. The Morgan fingerprint density at radius 3 is 2.60 bits per heavy atom. The van der Waals surface area contributed by atoms with Crippen LogP contribution in [0.25, 0.3) is 0 Å². The Kier molecular flexibility index (Phi) is 4.10. The van der Waals surface area contributed by atoms with E-state index in [0.717, 1.165) is 36.7 Å². The van der Waals surface area contributed by atoms with Crippen molar-refractivity contribution >= 4 is 17.5 Å². The van der Waals surface area contributed by atoms with Crippen molar-refractivity contribution in [3.8, 4) is 0 Å². The molecule has 0 saturated carbocycles. The van der Waals surface area contributed by atoms with Gasteiger partial charge in [-0.2, -0.15) is 4.98 Å². The van der Waals surface area contributed by atoms with Crippen LogP contribution < -0.4 is 10.2 Å². The van der Waals surface area contributed by atoms with E-state index in [1.807, 2.05) is 19.1 Å². The fourth-order valence-electron chi connectivity index (χ4n) is 3.31. The third-order valence-corrected chi connectivity index (χ3v) is 4.57. The molecule has 0 fully saturated rings. The third-order valence-electron chi connectivity index (χ3n) is 4.57. The summed E-state index contributed by atoms with van der Waals surface area (Å²) in [6.45, 7) is 5.98. The van der Waals surface area contributed by atoms with E-state index in [2.05, 4.69) is 64.6 Å².